The van der Waals surface area contributed by atoms with E-state index in [2.05, 4.69) is 5.32 Å². The lowest BCUT2D eigenvalue weighted by molar-refractivity contribution is -0.384. The summed E-state index contributed by atoms with van der Waals surface area (Å²) in [6.07, 6.45) is 0. The van der Waals surface area contributed by atoms with E-state index in [9.17, 15) is 19.7 Å². The summed E-state index contributed by atoms with van der Waals surface area (Å²) in [5.41, 5.74) is 1.15. The molecule has 0 saturated carbocycles. The van der Waals surface area contributed by atoms with Crippen molar-refractivity contribution in [2.75, 3.05) is 0 Å². The van der Waals surface area contributed by atoms with E-state index in [1.807, 2.05) is 49.4 Å². The molecule has 8 nitrogen and oxygen atoms in total. The zero-order valence-corrected chi connectivity index (χ0v) is 15.5. The second kappa shape index (κ2) is 7.23. The van der Waals surface area contributed by atoms with Gasteiger partial charge in [-0.05, 0) is 35.4 Å². The molecule has 0 fully saturated rings. The molecule has 0 aliphatic rings. The number of hydrogen-bond acceptors (Lipinski definition) is 5. The van der Waals surface area contributed by atoms with Gasteiger partial charge in [0.2, 0.25) is 5.91 Å². The average molecular weight is 391 g/mol. The predicted octanol–water partition coefficient (Wildman–Crippen LogP) is 3.53. The zero-order chi connectivity index (χ0) is 20.5. The van der Waals surface area contributed by atoms with Gasteiger partial charge in [-0.3, -0.25) is 19.5 Å². The first-order valence-corrected chi connectivity index (χ1v) is 8.98. The summed E-state index contributed by atoms with van der Waals surface area (Å²) in [5.74, 6) is -1.11. The molecule has 0 aliphatic heterocycles. The molecule has 0 saturated heterocycles. The maximum Gasteiger partial charge on any atom is 0.420 e. The number of nitrogens with zero attached hydrogens (tertiary/aromatic N) is 2. The van der Waals surface area contributed by atoms with E-state index in [0.717, 1.165) is 20.9 Å². The van der Waals surface area contributed by atoms with Crippen LogP contribution in [0.15, 0.2) is 69.9 Å². The number of oxazole rings is 1. The number of nitro groups is 1. The number of hydrogen-bond donors (Lipinski definition) is 1. The first-order chi connectivity index (χ1) is 13.9. The lowest BCUT2D eigenvalue weighted by atomic mass is 10.0. The molecule has 1 heterocycles. The molecular weight excluding hydrogens is 374 g/mol. The third-order valence-electron chi connectivity index (χ3n) is 4.82. The van der Waals surface area contributed by atoms with Crippen molar-refractivity contribution in [2.45, 2.75) is 19.5 Å². The Bertz CT molecular complexity index is 1300. The van der Waals surface area contributed by atoms with Crippen LogP contribution < -0.4 is 11.1 Å². The molecule has 1 amide bonds. The van der Waals surface area contributed by atoms with Crippen LogP contribution >= 0.6 is 0 Å². The highest BCUT2D eigenvalue weighted by molar-refractivity contribution is 5.84. The number of aromatic nitrogens is 1. The number of non-ortho nitro benzene ring substituents is 1. The van der Waals surface area contributed by atoms with Crippen molar-refractivity contribution in [3.63, 3.8) is 0 Å². The molecule has 1 aromatic heterocycles. The van der Waals surface area contributed by atoms with Gasteiger partial charge in [-0.25, -0.2) is 4.79 Å². The fourth-order valence-electron chi connectivity index (χ4n) is 3.31. The van der Waals surface area contributed by atoms with Gasteiger partial charge in [0.25, 0.3) is 5.69 Å². The van der Waals surface area contributed by atoms with Crippen LogP contribution in [0.3, 0.4) is 0 Å². The monoisotopic (exact) mass is 391 g/mol. The molecule has 8 heteroatoms. The van der Waals surface area contributed by atoms with Crippen LogP contribution in [0.2, 0.25) is 0 Å². The van der Waals surface area contributed by atoms with Crippen LogP contribution in [0.25, 0.3) is 21.9 Å². The smallest absolute Gasteiger partial charge is 0.407 e. The number of nitrogens with one attached hydrogen (secondary N) is 1. The summed E-state index contributed by atoms with van der Waals surface area (Å²) in [6, 6.07) is 17.5. The molecule has 4 rings (SSSR count). The lowest BCUT2D eigenvalue weighted by Crippen LogP contribution is -2.32. The Balaban J connectivity index is 1.53. The molecule has 1 N–H and O–H groups in total. The molecule has 3 aromatic carbocycles. The topological polar surface area (TPSA) is 107 Å². The highest BCUT2D eigenvalue weighted by atomic mass is 16.6. The fraction of sp³-hybridized carbons (Fsp3) is 0.143. The van der Waals surface area contributed by atoms with Crippen molar-refractivity contribution in [1.29, 1.82) is 0 Å². The van der Waals surface area contributed by atoms with Crippen molar-refractivity contribution in [3.8, 4) is 0 Å². The van der Waals surface area contributed by atoms with E-state index in [-0.39, 0.29) is 29.8 Å². The Labute approximate surface area is 164 Å². The van der Waals surface area contributed by atoms with Crippen LogP contribution in [-0.2, 0) is 11.3 Å². The van der Waals surface area contributed by atoms with Gasteiger partial charge < -0.3 is 9.73 Å². The van der Waals surface area contributed by atoms with E-state index < -0.39 is 10.7 Å². The SMILES string of the molecule is CC(NC(=O)Cn1c(=O)oc2cc([N+](=O)[O-])ccc21)c1ccc2ccccc2c1. The Kier molecular flexibility index (Phi) is 4.59. The molecule has 4 aromatic rings. The molecule has 1 atom stereocenters. The minimum atomic E-state index is -0.742. The maximum atomic E-state index is 12.5. The average Bonchev–Trinajstić information content (AvgIpc) is 3.01. The quantitative estimate of drug-likeness (QED) is 0.414. The summed E-state index contributed by atoms with van der Waals surface area (Å²) in [4.78, 5) is 34.9. The molecule has 29 heavy (non-hydrogen) atoms. The third-order valence-corrected chi connectivity index (χ3v) is 4.82. The lowest BCUT2D eigenvalue weighted by Gasteiger charge is -2.15. The van der Waals surface area contributed by atoms with Gasteiger partial charge in [0.1, 0.15) is 6.54 Å². The molecular formula is C21H17N3O5. The van der Waals surface area contributed by atoms with Crippen LogP contribution in [-0.4, -0.2) is 15.4 Å². The van der Waals surface area contributed by atoms with E-state index in [0.29, 0.717) is 5.52 Å². The molecule has 1 unspecified atom stereocenters. The Hall–Kier alpha value is -3.94. The van der Waals surface area contributed by atoms with Gasteiger partial charge in [-0.2, -0.15) is 0 Å². The summed E-state index contributed by atoms with van der Waals surface area (Å²) >= 11 is 0. The van der Waals surface area contributed by atoms with Gasteiger partial charge in [-0.15, -0.1) is 0 Å². The number of carbonyl (C=O) groups is 1. The number of carbonyl (C=O) groups excluding carboxylic acids is 1. The zero-order valence-electron chi connectivity index (χ0n) is 15.5. The Morgan fingerprint density at radius 1 is 1.14 bits per heavy atom. The first kappa shape index (κ1) is 18.4. The van der Waals surface area contributed by atoms with E-state index in [1.54, 1.807) is 0 Å². The maximum absolute atomic E-state index is 12.5. The van der Waals surface area contributed by atoms with Crippen molar-refractivity contribution in [3.05, 3.63) is 86.9 Å². The predicted molar refractivity (Wildman–Crippen MR) is 108 cm³/mol. The molecule has 0 bridgehead atoms. The summed E-state index contributed by atoms with van der Waals surface area (Å²) in [6.45, 7) is 1.61. The molecule has 0 radical (unpaired) electrons. The van der Waals surface area contributed by atoms with Gasteiger partial charge >= 0.3 is 5.76 Å². The Morgan fingerprint density at radius 3 is 2.66 bits per heavy atom. The van der Waals surface area contributed by atoms with Crippen molar-refractivity contribution in [1.82, 2.24) is 9.88 Å². The largest absolute Gasteiger partial charge is 0.420 e. The summed E-state index contributed by atoms with van der Waals surface area (Å²) in [7, 11) is 0. The highest BCUT2D eigenvalue weighted by Crippen LogP contribution is 2.21. The van der Waals surface area contributed by atoms with Gasteiger partial charge in [0.05, 0.1) is 22.5 Å². The van der Waals surface area contributed by atoms with Crippen molar-refractivity contribution >= 4 is 33.5 Å². The standard InChI is InChI=1S/C21H17N3O5/c1-13(15-7-6-14-4-2-3-5-16(14)10-15)22-20(25)12-23-18-9-8-17(24(27)28)11-19(18)29-21(23)26/h2-11,13H,12H2,1H3,(H,22,25). The first-order valence-electron chi connectivity index (χ1n) is 8.98. The van der Waals surface area contributed by atoms with Gasteiger partial charge in [0, 0.05) is 6.07 Å². The van der Waals surface area contributed by atoms with E-state index >= 15 is 0 Å². The fourth-order valence-corrected chi connectivity index (χ4v) is 3.31. The third kappa shape index (κ3) is 3.60. The molecule has 0 aliphatic carbocycles. The minimum absolute atomic E-state index is 0.0691. The second-order valence-corrected chi connectivity index (χ2v) is 6.76. The van der Waals surface area contributed by atoms with Crippen LogP contribution in [0.1, 0.15) is 18.5 Å². The van der Waals surface area contributed by atoms with Gasteiger partial charge in [0.15, 0.2) is 5.58 Å². The summed E-state index contributed by atoms with van der Waals surface area (Å²) in [5, 5.41) is 15.9. The van der Waals surface area contributed by atoms with Crippen LogP contribution in [0, 0.1) is 10.1 Å². The number of amides is 1. The normalized spacial score (nSPS) is 12.2. The highest BCUT2D eigenvalue weighted by Gasteiger charge is 2.17. The second-order valence-electron chi connectivity index (χ2n) is 6.76. The number of nitro benzene ring substituents is 1. The number of benzene rings is 3. The Morgan fingerprint density at radius 2 is 1.90 bits per heavy atom. The summed E-state index contributed by atoms with van der Waals surface area (Å²) < 4.78 is 6.21. The molecule has 146 valence electrons. The number of rotatable bonds is 5. The van der Waals surface area contributed by atoms with Crippen LogP contribution in [0.4, 0.5) is 5.69 Å². The molecule has 0 spiro atoms. The van der Waals surface area contributed by atoms with E-state index in [1.165, 1.54) is 18.2 Å². The van der Waals surface area contributed by atoms with Gasteiger partial charge in [-0.1, -0.05) is 36.4 Å². The number of fused-ring (bicyclic) bond motifs is 2. The van der Waals surface area contributed by atoms with E-state index in [4.69, 9.17) is 4.42 Å². The van der Waals surface area contributed by atoms with Crippen molar-refractivity contribution in [2.24, 2.45) is 0 Å². The van der Waals surface area contributed by atoms with Crippen LogP contribution in [0.5, 0.6) is 0 Å². The van der Waals surface area contributed by atoms with Crippen molar-refractivity contribution < 1.29 is 14.1 Å². The minimum Gasteiger partial charge on any atom is -0.407 e.